The van der Waals surface area contributed by atoms with Crippen LogP contribution in [0.3, 0.4) is 0 Å². The highest BCUT2D eigenvalue weighted by molar-refractivity contribution is 5.36. The molecule has 1 N–H and O–H groups in total. The molecule has 1 aliphatic rings. The highest BCUT2D eigenvalue weighted by Crippen LogP contribution is 2.29. The number of hydrogen-bond acceptors (Lipinski definition) is 1. The predicted molar refractivity (Wildman–Crippen MR) is 62.9 cm³/mol. The SMILES string of the molecule is CC[C@](C)(O)c1ccc2c(c1)CCCC2. The predicted octanol–water partition coefficient (Wildman–Crippen LogP) is 3.18. The number of hydrogen-bond donors (Lipinski definition) is 1. The summed E-state index contributed by atoms with van der Waals surface area (Å²) in [5.41, 5.74) is 3.35. The number of fused-ring (bicyclic) bond motifs is 1. The molecule has 1 aliphatic carbocycles. The van der Waals surface area contributed by atoms with Crippen LogP contribution in [0.15, 0.2) is 18.2 Å². The number of aryl methyl sites for hydroxylation is 2. The summed E-state index contributed by atoms with van der Waals surface area (Å²) in [6.07, 6.45) is 5.78. The van der Waals surface area contributed by atoms with Crippen molar-refractivity contribution < 1.29 is 5.11 Å². The van der Waals surface area contributed by atoms with Crippen LogP contribution in [-0.2, 0) is 18.4 Å². The molecule has 0 heterocycles. The van der Waals surface area contributed by atoms with Crippen molar-refractivity contribution >= 4 is 0 Å². The van der Waals surface area contributed by atoms with E-state index < -0.39 is 5.60 Å². The third kappa shape index (κ3) is 2.07. The Kier molecular flexibility index (Phi) is 2.83. The van der Waals surface area contributed by atoms with Crippen molar-refractivity contribution in [3.8, 4) is 0 Å². The van der Waals surface area contributed by atoms with E-state index in [1.165, 1.54) is 36.8 Å². The Morgan fingerprint density at radius 1 is 1.20 bits per heavy atom. The van der Waals surface area contributed by atoms with E-state index in [9.17, 15) is 5.11 Å². The molecule has 1 heteroatoms. The number of rotatable bonds is 2. The van der Waals surface area contributed by atoms with Crippen molar-refractivity contribution in [3.63, 3.8) is 0 Å². The standard InChI is InChI=1S/C14H20O/c1-3-14(2,15)13-9-8-11-6-4-5-7-12(11)10-13/h8-10,15H,3-7H2,1-2H3/t14-/m0/s1. The summed E-state index contributed by atoms with van der Waals surface area (Å²) in [4.78, 5) is 0. The van der Waals surface area contributed by atoms with Gasteiger partial charge in [0.05, 0.1) is 5.60 Å². The van der Waals surface area contributed by atoms with Gasteiger partial charge in [0, 0.05) is 0 Å². The van der Waals surface area contributed by atoms with E-state index in [0.29, 0.717) is 0 Å². The molecule has 0 fully saturated rings. The second-order valence-electron chi connectivity index (χ2n) is 4.82. The molecule has 0 unspecified atom stereocenters. The average Bonchev–Trinajstić information content (AvgIpc) is 2.28. The van der Waals surface area contributed by atoms with E-state index >= 15 is 0 Å². The molecule has 1 atom stereocenters. The number of aliphatic hydroxyl groups is 1. The van der Waals surface area contributed by atoms with Gasteiger partial charge in [-0.2, -0.15) is 0 Å². The fourth-order valence-electron chi connectivity index (χ4n) is 2.27. The van der Waals surface area contributed by atoms with E-state index in [-0.39, 0.29) is 0 Å². The molecular formula is C14H20O. The normalized spacial score (nSPS) is 19.4. The van der Waals surface area contributed by atoms with Gasteiger partial charge in [0.15, 0.2) is 0 Å². The molecule has 15 heavy (non-hydrogen) atoms. The van der Waals surface area contributed by atoms with Crippen molar-refractivity contribution in [1.29, 1.82) is 0 Å². The Hall–Kier alpha value is -0.820. The highest BCUT2D eigenvalue weighted by Gasteiger charge is 2.21. The zero-order valence-electron chi connectivity index (χ0n) is 9.71. The van der Waals surface area contributed by atoms with Gasteiger partial charge in [-0.25, -0.2) is 0 Å². The van der Waals surface area contributed by atoms with E-state index in [1.54, 1.807) is 0 Å². The molecule has 1 aromatic rings. The summed E-state index contributed by atoms with van der Waals surface area (Å²) in [6.45, 7) is 3.93. The zero-order valence-corrected chi connectivity index (χ0v) is 9.71. The minimum absolute atomic E-state index is 0.660. The Bertz CT molecular complexity index is 352. The monoisotopic (exact) mass is 204 g/mol. The molecule has 0 radical (unpaired) electrons. The quantitative estimate of drug-likeness (QED) is 0.784. The van der Waals surface area contributed by atoms with Gasteiger partial charge < -0.3 is 5.11 Å². The average molecular weight is 204 g/mol. The Morgan fingerprint density at radius 2 is 1.87 bits per heavy atom. The molecule has 82 valence electrons. The summed E-state index contributed by atoms with van der Waals surface area (Å²) in [6, 6.07) is 6.50. The van der Waals surface area contributed by atoms with Crippen molar-refractivity contribution in [2.45, 2.75) is 51.6 Å². The topological polar surface area (TPSA) is 20.2 Å². The van der Waals surface area contributed by atoms with Gasteiger partial charge in [-0.3, -0.25) is 0 Å². The smallest absolute Gasteiger partial charge is 0.0866 e. The lowest BCUT2D eigenvalue weighted by atomic mass is 9.85. The van der Waals surface area contributed by atoms with Crippen LogP contribution in [0.5, 0.6) is 0 Å². The van der Waals surface area contributed by atoms with Gasteiger partial charge >= 0.3 is 0 Å². The summed E-state index contributed by atoms with van der Waals surface area (Å²) >= 11 is 0. The maximum atomic E-state index is 10.2. The first-order valence-corrected chi connectivity index (χ1v) is 5.98. The summed E-state index contributed by atoms with van der Waals surface area (Å²) in [5, 5.41) is 10.2. The molecule has 0 saturated carbocycles. The van der Waals surface area contributed by atoms with Crippen molar-refractivity contribution in [2.75, 3.05) is 0 Å². The van der Waals surface area contributed by atoms with Crippen LogP contribution >= 0.6 is 0 Å². The Morgan fingerprint density at radius 3 is 2.53 bits per heavy atom. The molecule has 0 bridgehead atoms. The fraction of sp³-hybridized carbons (Fsp3) is 0.571. The molecule has 2 rings (SSSR count). The lowest BCUT2D eigenvalue weighted by molar-refractivity contribution is 0.0530. The van der Waals surface area contributed by atoms with Gasteiger partial charge in [-0.05, 0) is 55.7 Å². The van der Waals surface area contributed by atoms with Crippen LogP contribution in [0.2, 0.25) is 0 Å². The third-order valence-electron chi connectivity index (χ3n) is 3.66. The van der Waals surface area contributed by atoms with Crippen molar-refractivity contribution in [1.82, 2.24) is 0 Å². The lowest BCUT2D eigenvalue weighted by Gasteiger charge is -2.25. The van der Waals surface area contributed by atoms with Crippen LogP contribution in [0.1, 0.15) is 49.8 Å². The summed E-state index contributed by atoms with van der Waals surface area (Å²) in [5.74, 6) is 0. The molecule has 0 aromatic heterocycles. The molecule has 0 spiro atoms. The molecule has 0 saturated heterocycles. The summed E-state index contributed by atoms with van der Waals surface area (Å²) in [7, 11) is 0. The van der Waals surface area contributed by atoms with Crippen molar-refractivity contribution in [3.05, 3.63) is 34.9 Å². The molecule has 0 aliphatic heterocycles. The van der Waals surface area contributed by atoms with Gasteiger partial charge in [-0.1, -0.05) is 25.1 Å². The fourth-order valence-corrected chi connectivity index (χ4v) is 2.27. The van der Waals surface area contributed by atoms with Crippen LogP contribution in [0.4, 0.5) is 0 Å². The lowest BCUT2D eigenvalue weighted by Crippen LogP contribution is -2.20. The molecular weight excluding hydrogens is 184 g/mol. The molecule has 1 aromatic carbocycles. The van der Waals surface area contributed by atoms with E-state index in [0.717, 1.165) is 12.0 Å². The first-order valence-electron chi connectivity index (χ1n) is 5.98. The Balaban J connectivity index is 2.36. The van der Waals surface area contributed by atoms with Crippen molar-refractivity contribution in [2.24, 2.45) is 0 Å². The third-order valence-corrected chi connectivity index (χ3v) is 3.66. The number of benzene rings is 1. The maximum Gasteiger partial charge on any atom is 0.0866 e. The zero-order chi connectivity index (χ0) is 10.9. The molecule has 0 amide bonds. The minimum Gasteiger partial charge on any atom is -0.385 e. The second kappa shape index (κ2) is 3.97. The first kappa shape index (κ1) is 10.7. The highest BCUT2D eigenvalue weighted by atomic mass is 16.3. The van der Waals surface area contributed by atoms with Crippen LogP contribution in [0.25, 0.3) is 0 Å². The van der Waals surface area contributed by atoms with E-state index in [4.69, 9.17) is 0 Å². The Labute approximate surface area is 92.1 Å². The van der Waals surface area contributed by atoms with Crippen LogP contribution < -0.4 is 0 Å². The van der Waals surface area contributed by atoms with E-state index in [2.05, 4.69) is 18.2 Å². The van der Waals surface area contributed by atoms with E-state index in [1.807, 2.05) is 13.8 Å². The molecule has 1 nitrogen and oxygen atoms in total. The van der Waals surface area contributed by atoms with Gasteiger partial charge in [0.1, 0.15) is 0 Å². The van der Waals surface area contributed by atoms with Crippen LogP contribution in [0, 0.1) is 0 Å². The minimum atomic E-state index is -0.660. The van der Waals surface area contributed by atoms with Gasteiger partial charge in [0.25, 0.3) is 0 Å². The largest absolute Gasteiger partial charge is 0.385 e. The van der Waals surface area contributed by atoms with Crippen LogP contribution in [-0.4, -0.2) is 5.11 Å². The maximum absolute atomic E-state index is 10.2. The first-order chi connectivity index (χ1) is 7.13. The second-order valence-corrected chi connectivity index (χ2v) is 4.82. The van der Waals surface area contributed by atoms with Gasteiger partial charge in [0.2, 0.25) is 0 Å². The van der Waals surface area contributed by atoms with Gasteiger partial charge in [-0.15, -0.1) is 0 Å². The summed E-state index contributed by atoms with van der Waals surface area (Å²) < 4.78 is 0.